The van der Waals surface area contributed by atoms with Gasteiger partial charge in [-0.2, -0.15) is 0 Å². The van der Waals surface area contributed by atoms with Crippen LogP contribution in [0.2, 0.25) is 0 Å². The third kappa shape index (κ3) is 2.27. The predicted molar refractivity (Wildman–Crippen MR) is 73.5 cm³/mol. The van der Waals surface area contributed by atoms with Gasteiger partial charge in [0, 0.05) is 23.7 Å². The first kappa shape index (κ1) is 10.6. The minimum absolute atomic E-state index is 0.564. The van der Waals surface area contributed by atoms with Crippen molar-refractivity contribution in [3.05, 3.63) is 42.5 Å². The van der Waals surface area contributed by atoms with Crippen LogP contribution in [0, 0.1) is 0 Å². The summed E-state index contributed by atoms with van der Waals surface area (Å²) in [5.74, 6) is 0. The van der Waals surface area contributed by atoms with Gasteiger partial charge in [-0.1, -0.05) is 36.4 Å². The lowest BCUT2D eigenvalue weighted by atomic mass is 10.0. The average molecular weight is 226 g/mol. The van der Waals surface area contributed by atoms with Crippen molar-refractivity contribution in [3.8, 4) is 0 Å². The fourth-order valence-electron chi connectivity index (χ4n) is 2.55. The third-order valence-electron chi connectivity index (χ3n) is 3.45. The molecule has 0 aliphatic carbocycles. The first-order valence-corrected chi connectivity index (χ1v) is 6.38. The number of hydrogen-bond donors (Lipinski definition) is 2. The van der Waals surface area contributed by atoms with Crippen LogP contribution in [0.4, 0.5) is 5.69 Å². The normalized spacial score (nSPS) is 20.4. The molecule has 17 heavy (non-hydrogen) atoms. The maximum atomic E-state index is 3.66. The highest BCUT2D eigenvalue weighted by Crippen LogP contribution is 2.24. The number of anilines is 1. The molecule has 1 heterocycles. The molecule has 2 N–H and O–H groups in total. The molecule has 2 aromatic rings. The van der Waals surface area contributed by atoms with Gasteiger partial charge in [-0.15, -0.1) is 0 Å². The molecule has 2 heteroatoms. The van der Waals surface area contributed by atoms with Crippen LogP contribution >= 0.6 is 0 Å². The highest BCUT2D eigenvalue weighted by Gasteiger charge is 2.13. The minimum Gasteiger partial charge on any atom is -0.381 e. The summed E-state index contributed by atoms with van der Waals surface area (Å²) in [6.45, 7) is 2.23. The Kier molecular flexibility index (Phi) is 2.97. The van der Waals surface area contributed by atoms with E-state index in [0.29, 0.717) is 6.04 Å². The van der Waals surface area contributed by atoms with Gasteiger partial charge in [0.1, 0.15) is 0 Å². The monoisotopic (exact) mass is 226 g/mol. The molecule has 0 bridgehead atoms. The number of piperidine rings is 1. The van der Waals surface area contributed by atoms with Crippen LogP contribution in [0.25, 0.3) is 10.8 Å². The van der Waals surface area contributed by atoms with Gasteiger partial charge < -0.3 is 10.6 Å². The molecule has 0 spiro atoms. The summed E-state index contributed by atoms with van der Waals surface area (Å²) >= 11 is 0. The van der Waals surface area contributed by atoms with Crippen LogP contribution in [-0.2, 0) is 0 Å². The molecule has 1 fully saturated rings. The van der Waals surface area contributed by atoms with Gasteiger partial charge in [0.15, 0.2) is 0 Å². The zero-order chi connectivity index (χ0) is 11.5. The van der Waals surface area contributed by atoms with Gasteiger partial charge in [0.25, 0.3) is 0 Å². The van der Waals surface area contributed by atoms with E-state index in [4.69, 9.17) is 0 Å². The molecule has 1 saturated heterocycles. The first-order valence-electron chi connectivity index (χ1n) is 6.38. The number of fused-ring (bicyclic) bond motifs is 1. The fourth-order valence-corrected chi connectivity index (χ4v) is 2.55. The Labute approximate surface area is 102 Å². The van der Waals surface area contributed by atoms with Crippen molar-refractivity contribution >= 4 is 16.5 Å². The summed E-state index contributed by atoms with van der Waals surface area (Å²) in [5.41, 5.74) is 1.26. The van der Waals surface area contributed by atoms with Crippen LogP contribution in [0.3, 0.4) is 0 Å². The van der Waals surface area contributed by atoms with Gasteiger partial charge in [-0.25, -0.2) is 0 Å². The first-order chi connectivity index (χ1) is 8.43. The quantitative estimate of drug-likeness (QED) is 0.822. The van der Waals surface area contributed by atoms with Gasteiger partial charge in [-0.05, 0) is 30.8 Å². The summed E-state index contributed by atoms with van der Waals surface area (Å²) < 4.78 is 0. The molecule has 1 aliphatic rings. The van der Waals surface area contributed by atoms with Crippen LogP contribution in [-0.4, -0.2) is 19.1 Å². The Bertz CT molecular complexity index is 496. The molecule has 0 radical (unpaired) electrons. The van der Waals surface area contributed by atoms with Crippen LogP contribution in [0.5, 0.6) is 0 Å². The number of benzene rings is 2. The van der Waals surface area contributed by atoms with Crippen molar-refractivity contribution in [2.75, 3.05) is 18.4 Å². The molecule has 1 aliphatic heterocycles. The van der Waals surface area contributed by atoms with E-state index >= 15 is 0 Å². The molecule has 0 amide bonds. The minimum atomic E-state index is 0.564. The molecule has 1 atom stereocenters. The van der Waals surface area contributed by atoms with E-state index in [-0.39, 0.29) is 0 Å². The van der Waals surface area contributed by atoms with E-state index < -0.39 is 0 Å². The summed E-state index contributed by atoms with van der Waals surface area (Å²) in [4.78, 5) is 0. The van der Waals surface area contributed by atoms with Crippen LogP contribution < -0.4 is 10.6 Å². The molecule has 88 valence electrons. The van der Waals surface area contributed by atoms with E-state index in [2.05, 4.69) is 53.1 Å². The zero-order valence-electron chi connectivity index (χ0n) is 9.95. The van der Waals surface area contributed by atoms with Gasteiger partial charge in [-0.3, -0.25) is 0 Å². The second-order valence-electron chi connectivity index (χ2n) is 4.71. The van der Waals surface area contributed by atoms with Crippen LogP contribution in [0.15, 0.2) is 42.5 Å². The van der Waals surface area contributed by atoms with Crippen molar-refractivity contribution in [2.24, 2.45) is 0 Å². The summed E-state index contributed by atoms with van der Waals surface area (Å²) in [5, 5.41) is 9.73. The van der Waals surface area contributed by atoms with Gasteiger partial charge in [0.05, 0.1) is 0 Å². The molecular formula is C15H18N2. The second kappa shape index (κ2) is 4.76. The largest absolute Gasteiger partial charge is 0.381 e. The molecule has 1 unspecified atom stereocenters. The van der Waals surface area contributed by atoms with E-state index in [9.17, 15) is 0 Å². The molecular weight excluding hydrogens is 208 g/mol. The SMILES string of the molecule is c1ccc2c(NC3CCCNC3)cccc2c1. The molecule has 0 aromatic heterocycles. The lowest BCUT2D eigenvalue weighted by Gasteiger charge is -2.25. The maximum absolute atomic E-state index is 3.66. The fraction of sp³-hybridized carbons (Fsp3) is 0.333. The number of rotatable bonds is 2. The Morgan fingerprint density at radius 2 is 1.94 bits per heavy atom. The van der Waals surface area contributed by atoms with E-state index in [1.54, 1.807) is 0 Å². The van der Waals surface area contributed by atoms with E-state index in [1.807, 2.05) is 0 Å². The van der Waals surface area contributed by atoms with E-state index in [0.717, 1.165) is 13.1 Å². The van der Waals surface area contributed by atoms with Gasteiger partial charge in [0.2, 0.25) is 0 Å². The lowest BCUT2D eigenvalue weighted by molar-refractivity contribution is 0.480. The third-order valence-corrected chi connectivity index (χ3v) is 3.45. The second-order valence-corrected chi connectivity index (χ2v) is 4.71. The lowest BCUT2D eigenvalue weighted by Crippen LogP contribution is -2.38. The molecule has 2 aromatic carbocycles. The molecule has 0 saturated carbocycles. The number of hydrogen-bond acceptors (Lipinski definition) is 2. The van der Waals surface area contributed by atoms with Crippen molar-refractivity contribution in [1.82, 2.24) is 5.32 Å². The Morgan fingerprint density at radius 1 is 1.06 bits per heavy atom. The smallest absolute Gasteiger partial charge is 0.0422 e. The van der Waals surface area contributed by atoms with Crippen molar-refractivity contribution in [2.45, 2.75) is 18.9 Å². The molecule has 2 nitrogen and oxygen atoms in total. The predicted octanol–water partition coefficient (Wildman–Crippen LogP) is 3.00. The highest BCUT2D eigenvalue weighted by molar-refractivity contribution is 5.93. The topological polar surface area (TPSA) is 24.1 Å². The van der Waals surface area contributed by atoms with Gasteiger partial charge >= 0.3 is 0 Å². The van der Waals surface area contributed by atoms with Crippen molar-refractivity contribution in [3.63, 3.8) is 0 Å². The average Bonchev–Trinajstić information content (AvgIpc) is 2.40. The highest BCUT2D eigenvalue weighted by atomic mass is 15.0. The maximum Gasteiger partial charge on any atom is 0.0422 e. The van der Waals surface area contributed by atoms with Crippen molar-refractivity contribution < 1.29 is 0 Å². The molecule has 3 rings (SSSR count). The number of nitrogens with one attached hydrogen (secondary N) is 2. The summed E-state index contributed by atoms with van der Waals surface area (Å²) in [6.07, 6.45) is 2.53. The Balaban J connectivity index is 1.89. The Morgan fingerprint density at radius 3 is 2.82 bits per heavy atom. The van der Waals surface area contributed by atoms with Crippen molar-refractivity contribution in [1.29, 1.82) is 0 Å². The zero-order valence-corrected chi connectivity index (χ0v) is 9.95. The van der Waals surface area contributed by atoms with Crippen LogP contribution in [0.1, 0.15) is 12.8 Å². The standard InChI is InChI=1S/C15H18N2/c1-2-8-14-12(5-1)6-3-9-15(14)17-13-7-4-10-16-11-13/h1-3,5-6,8-9,13,16-17H,4,7,10-11H2. The summed E-state index contributed by atoms with van der Waals surface area (Å²) in [7, 11) is 0. The summed E-state index contributed by atoms with van der Waals surface area (Å²) in [6, 6.07) is 15.6. The Hall–Kier alpha value is -1.54. The van der Waals surface area contributed by atoms with E-state index in [1.165, 1.54) is 29.3 Å².